The molecule has 0 bridgehead atoms. The van der Waals surface area contributed by atoms with Crippen molar-refractivity contribution in [1.82, 2.24) is 14.8 Å². The summed E-state index contributed by atoms with van der Waals surface area (Å²) in [6.45, 7) is 2.61. The largest absolute Gasteiger partial charge is 0.490 e. The maximum atomic E-state index is 12.1. The Kier molecular flexibility index (Phi) is 5.74. The third-order valence-electron chi connectivity index (χ3n) is 2.96. The van der Waals surface area contributed by atoms with Gasteiger partial charge in [-0.2, -0.15) is 5.10 Å². The molecular weight excluding hydrogens is 308 g/mol. The maximum absolute atomic E-state index is 12.1. The molecule has 0 radical (unpaired) electrons. The van der Waals surface area contributed by atoms with Gasteiger partial charge in [-0.05, 0) is 25.1 Å². The van der Waals surface area contributed by atoms with E-state index in [0.717, 1.165) is 0 Å². The first kappa shape index (κ1) is 16.3. The van der Waals surface area contributed by atoms with Gasteiger partial charge in [0.25, 0.3) is 0 Å². The van der Waals surface area contributed by atoms with Crippen LogP contribution in [0.15, 0.2) is 30.9 Å². The number of methoxy groups -OCH3 is 1. The average Bonchev–Trinajstić information content (AvgIpc) is 3.03. The molecule has 1 atom stereocenters. The molecule has 2 aromatic rings. The Balaban J connectivity index is 1.98. The van der Waals surface area contributed by atoms with E-state index < -0.39 is 6.04 Å². The monoisotopic (exact) mass is 324 g/mol. The van der Waals surface area contributed by atoms with Crippen LogP contribution in [0.3, 0.4) is 0 Å². The first-order chi connectivity index (χ1) is 10.6. The number of amides is 1. The minimum Gasteiger partial charge on any atom is -0.490 e. The maximum Gasteiger partial charge on any atom is 0.249 e. The lowest BCUT2D eigenvalue weighted by atomic mass is 10.2. The zero-order chi connectivity index (χ0) is 15.9. The zero-order valence-corrected chi connectivity index (χ0v) is 13.1. The van der Waals surface area contributed by atoms with Gasteiger partial charge in [0.05, 0.1) is 11.6 Å². The molecule has 22 heavy (non-hydrogen) atoms. The number of anilines is 1. The minimum atomic E-state index is -0.473. The zero-order valence-electron chi connectivity index (χ0n) is 12.3. The van der Waals surface area contributed by atoms with Crippen LogP contribution in [0.1, 0.15) is 13.0 Å². The van der Waals surface area contributed by atoms with E-state index in [9.17, 15) is 4.79 Å². The summed E-state index contributed by atoms with van der Waals surface area (Å²) >= 11 is 6.13. The summed E-state index contributed by atoms with van der Waals surface area (Å²) in [6, 6.07) is 4.59. The molecule has 1 aromatic heterocycles. The fourth-order valence-electron chi connectivity index (χ4n) is 1.71. The lowest BCUT2D eigenvalue weighted by Crippen LogP contribution is -2.24. The van der Waals surface area contributed by atoms with E-state index in [1.165, 1.54) is 17.3 Å². The standard InChI is InChI=1S/C14H17ClN4O3/c1-10(19-9-16-8-17-19)14(20)18-11-3-4-13(12(15)7-11)22-6-5-21-2/h3-4,7-10H,5-6H2,1-2H3,(H,18,20)/t10-/m1/s1. The molecule has 0 aliphatic carbocycles. The van der Waals surface area contributed by atoms with E-state index in [2.05, 4.69) is 15.4 Å². The van der Waals surface area contributed by atoms with Crippen molar-refractivity contribution < 1.29 is 14.3 Å². The van der Waals surface area contributed by atoms with Crippen LogP contribution in [-0.4, -0.2) is 41.0 Å². The molecule has 0 aliphatic rings. The number of carbonyl (C=O) groups is 1. The Bertz CT molecular complexity index is 619. The fraction of sp³-hybridized carbons (Fsp3) is 0.357. The Morgan fingerprint density at radius 3 is 2.91 bits per heavy atom. The lowest BCUT2D eigenvalue weighted by molar-refractivity contribution is -0.119. The number of rotatable bonds is 7. The highest BCUT2D eigenvalue weighted by atomic mass is 35.5. The van der Waals surface area contributed by atoms with Crippen LogP contribution in [0.4, 0.5) is 5.69 Å². The lowest BCUT2D eigenvalue weighted by Gasteiger charge is -2.13. The van der Waals surface area contributed by atoms with Gasteiger partial charge in [-0.1, -0.05) is 11.6 Å². The van der Waals surface area contributed by atoms with Gasteiger partial charge in [0.15, 0.2) is 0 Å². The van der Waals surface area contributed by atoms with E-state index in [0.29, 0.717) is 29.7 Å². The van der Waals surface area contributed by atoms with Crippen LogP contribution in [-0.2, 0) is 9.53 Å². The normalized spacial score (nSPS) is 12.0. The molecule has 1 aromatic carbocycles. The van der Waals surface area contributed by atoms with Crippen LogP contribution < -0.4 is 10.1 Å². The van der Waals surface area contributed by atoms with Gasteiger partial charge in [0.1, 0.15) is 31.1 Å². The van der Waals surface area contributed by atoms with Gasteiger partial charge in [-0.3, -0.25) is 4.79 Å². The van der Waals surface area contributed by atoms with Gasteiger partial charge in [0.2, 0.25) is 5.91 Å². The molecule has 0 fully saturated rings. The van der Waals surface area contributed by atoms with Gasteiger partial charge >= 0.3 is 0 Å². The quantitative estimate of drug-likeness (QED) is 0.790. The van der Waals surface area contributed by atoms with E-state index in [1.807, 2.05) is 0 Å². The second-order valence-electron chi connectivity index (χ2n) is 4.53. The molecule has 0 unspecified atom stereocenters. The third kappa shape index (κ3) is 4.19. The minimum absolute atomic E-state index is 0.213. The molecule has 7 nitrogen and oxygen atoms in total. The molecule has 0 aliphatic heterocycles. The van der Waals surface area contributed by atoms with Crippen molar-refractivity contribution in [2.45, 2.75) is 13.0 Å². The van der Waals surface area contributed by atoms with E-state index in [-0.39, 0.29) is 5.91 Å². The molecule has 118 valence electrons. The molecule has 1 heterocycles. The molecule has 0 saturated heterocycles. The number of hydrogen-bond acceptors (Lipinski definition) is 5. The highest BCUT2D eigenvalue weighted by Gasteiger charge is 2.16. The molecule has 8 heteroatoms. The number of ether oxygens (including phenoxy) is 2. The molecule has 0 saturated carbocycles. The number of nitrogens with one attached hydrogen (secondary N) is 1. The van der Waals surface area contributed by atoms with Crippen LogP contribution in [0.2, 0.25) is 5.02 Å². The highest BCUT2D eigenvalue weighted by Crippen LogP contribution is 2.28. The summed E-state index contributed by atoms with van der Waals surface area (Å²) in [5.41, 5.74) is 0.584. The Morgan fingerprint density at radius 1 is 1.45 bits per heavy atom. The Hall–Kier alpha value is -2.12. The number of halogens is 1. The van der Waals surface area contributed by atoms with Crippen LogP contribution in [0.25, 0.3) is 0 Å². The molecular formula is C14H17ClN4O3. The Labute approximate surface area is 133 Å². The highest BCUT2D eigenvalue weighted by molar-refractivity contribution is 6.32. The van der Waals surface area contributed by atoms with E-state index in [1.54, 1.807) is 32.2 Å². The summed E-state index contributed by atoms with van der Waals surface area (Å²) < 4.78 is 11.8. The summed E-state index contributed by atoms with van der Waals surface area (Å²) in [7, 11) is 1.60. The molecule has 1 amide bonds. The SMILES string of the molecule is COCCOc1ccc(NC(=O)[C@@H](C)n2cncn2)cc1Cl. The summed E-state index contributed by atoms with van der Waals surface area (Å²) in [5, 5.41) is 7.13. The van der Waals surface area contributed by atoms with Crippen LogP contribution in [0.5, 0.6) is 5.75 Å². The fourth-order valence-corrected chi connectivity index (χ4v) is 1.95. The van der Waals surface area contributed by atoms with E-state index in [4.69, 9.17) is 21.1 Å². The average molecular weight is 325 g/mol. The molecule has 1 N–H and O–H groups in total. The van der Waals surface area contributed by atoms with E-state index >= 15 is 0 Å². The molecule has 0 spiro atoms. The van der Waals surface area contributed by atoms with Crippen molar-refractivity contribution in [3.8, 4) is 5.75 Å². The van der Waals surface area contributed by atoms with Gasteiger partial charge in [-0.25, -0.2) is 9.67 Å². The first-order valence-corrected chi connectivity index (χ1v) is 7.06. The number of hydrogen-bond donors (Lipinski definition) is 1. The summed E-state index contributed by atoms with van der Waals surface area (Å²) in [5.74, 6) is 0.329. The molecule has 2 rings (SSSR count). The van der Waals surface area contributed by atoms with Crippen molar-refractivity contribution in [2.24, 2.45) is 0 Å². The predicted molar refractivity (Wildman–Crippen MR) is 82.2 cm³/mol. The van der Waals surface area contributed by atoms with Crippen LogP contribution in [0, 0.1) is 0 Å². The number of carbonyl (C=O) groups excluding carboxylic acids is 1. The van der Waals surface area contributed by atoms with Crippen molar-refractivity contribution in [3.05, 3.63) is 35.9 Å². The Morgan fingerprint density at radius 2 is 2.27 bits per heavy atom. The number of nitrogens with zero attached hydrogens (tertiary/aromatic N) is 3. The smallest absolute Gasteiger partial charge is 0.249 e. The first-order valence-electron chi connectivity index (χ1n) is 6.68. The summed E-state index contributed by atoms with van der Waals surface area (Å²) in [4.78, 5) is 15.9. The van der Waals surface area contributed by atoms with Gasteiger partial charge in [-0.15, -0.1) is 0 Å². The topological polar surface area (TPSA) is 78.3 Å². The number of benzene rings is 1. The van der Waals surface area contributed by atoms with Crippen molar-refractivity contribution in [3.63, 3.8) is 0 Å². The van der Waals surface area contributed by atoms with Crippen molar-refractivity contribution in [2.75, 3.05) is 25.6 Å². The van der Waals surface area contributed by atoms with Crippen LogP contribution >= 0.6 is 11.6 Å². The predicted octanol–water partition coefficient (Wildman–Crippen LogP) is 2.16. The van der Waals surface area contributed by atoms with Crippen molar-refractivity contribution >= 4 is 23.2 Å². The number of aromatic nitrogens is 3. The van der Waals surface area contributed by atoms with Gasteiger partial charge in [0, 0.05) is 12.8 Å². The van der Waals surface area contributed by atoms with Gasteiger partial charge < -0.3 is 14.8 Å². The third-order valence-corrected chi connectivity index (χ3v) is 3.25. The van der Waals surface area contributed by atoms with Crippen molar-refractivity contribution in [1.29, 1.82) is 0 Å². The second kappa shape index (κ2) is 7.77. The second-order valence-corrected chi connectivity index (χ2v) is 4.93. The summed E-state index contributed by atoms with van der Waals surface area (Å²) in [6.07, 6.45) is 2.87.